The fraction of sp³-hybridized carbons (Fsp3) is 0.667. The van der Waals surface area contributed by atoms with Gasteiger partial charge in [0.25, 0.3) is 0 Å². The van der Waals surface area contributed by atoms with Crippen molar-refractivity contribution in [2.45, 2.75) is 39.1 Å². The third-order valence-electron chi connectivity index (χ3n) is 1.44. The summed E-state index contributed by atoms with van der Waals surface area (Å²) in [4.78, 5) is 22.4. The van der Waals surface area contributed by atoms with Crippen LogP contribution in [-0.2, 0) is 14.3 Å². The molecule has 3 nitrogen and oxygen atoms in total. The third-order valence-corrected chi connectivity index (χ3v) is 2.99. The smallest absolute Gasteiger partial charge is 0.333 e. The Morgan fingerprint density at radius 3 is 2.31 bits per heavy atom. The van der Waals surface area contributed by atoms with Crippen LogP contribution < -0.4 is 0 Å². The lowest BCUT2D eigenvalue weighted by molar-refractivity contribution is -0.142. The van der Waals surface area contributed by atoms with E-state index in [4.69, 9.17) is 4.74 Å². The SMILES string of the molecule is C=C(C)C(=O)OC(C)C[Si](C)(C)[O]. The monoisotopic (exact) mass is 201 g/mol. The molecule has 0 aromatic carbocycles. The number of ether oxygens (including phenoxy) is 1. The molecule has 75 valence electrons. The second-order valence-corrected chi connectivity index (χ2v) is 7.89. The van der Waals surface area contributed by atoms with Crippen LogP contribution in [0.25, 0.3) is 0 Å². The summed E-state index contributed by atoms with van der Waals surface area (Å²) in [5, 5.41) is 0. The first-order valence-electron chi connectivity index (χ1n) is 4.29. The van der Waals surface area contributed by atoms with Crippen LogP contribution in [0.3, 0.4) is 0 Å². The Bertz CT molecular complexity index is 205. The zero-order valence-corrected chi connectivity index (χ0v) is 9.72. The lowest BCUT2D eigenvalue weighted by atomic mass is 10.3. The Morgan fingerprint density at radius 2 is 2.00 bits per heavy atom. The van der Waals surface area contributed by atoms with Crippen molar-refractivity contribution in [3.8, 4) is 0 Å². The molecule has 1 unspecified atom stereocenters. The normalized spacial score (nSPS) is 13.6. The van der Waals surface area contributed by atoms with Gasteiger partial charge in [0.1, 0.15) is 0 Å². The molecule has 0 saturated heterocycles. The highest BCUT2D eigenvalue weighted by Crippen LogP contribution is 2.12. The number of carbonyl (C=O) groups is 1. The Labute approximate surface area is 80.5 Å². The highest BCUT2D eigenvalue weighted by Gasteiger charge is 2.25. The third kappa shape index (κ3) is 6.54. The van der Waals surface area contributed by atoms with Crippen molar-refractivity contribution in [3.63, 3.8) is 0 Å². The van der Waals surface area contributed by atoms with Crippen LogP contribution in [0, 0.1) is 0 Å². The summed E-state index contributed by atoms with van der Waals surface area (Å²) in [6.45, 7) is 10.2. The van der Waals surface area contributed by atoms with E-state index in [0.717, 1.165) is 0 Å². The van der Waals surface area contributed by atoms with Crippen LogP contribution in [0.1, 0.15) is 13.8 Å². The molecule has 1 radical (unpaired) electrons. The average Bonchev–Trinajstić information content (AvgIpc) is 1.81. The van der Waals surface area contributed by atoms with Crippen molar-refractivity contribution >= 4 is 14.3 Å². The van der Waals surface area contributed by atoms with Crippen LogP contribution in [0.5, 0.6) is 0 Å². The summed E-state index contributed by atoms with van der Waals surface area (Å²) in [6, 6.07) is 0.450. The van der Waals surface area contributed by atoms with Gasteiger partial charge in [-0.3, -0.25) is 4.80 Å². The van der Waals surface area contributed by atoms with Gasteiger partial charge in [0.15, 0.2) is 0 Å². The van der Waals surface area contributed by atoms with Crippen LogP contribution >= 0.6 is 0 Å². The molecule has 0 aromatic heterocycles. The predicted molar refractivity (Wildman–Crippen MR) is 53.3 cm³/mol. The molecule has 0 bridgehead atoms. The van der Waals surface area contributed by atoms with Crippen LogP contribution in [0.15, 0.2) is 12.2 Å². The maximum Gasteiger partial charge on any atom is 0.333 e. The maximum atomic E-state index is 11.4. The molecule has 0 N–H and O–H groups in total. The van der Waals surface area contributed by atoms with Crippen LogP contribution in [0.4, 0.5) is 0 Å². The minimum atomic E-state index is -2.38. The fourth-order valence-corrected chi connectivity index (χ4v) is 2.49. The van der Waals surface area contributed by atoms with Gasteiger partial charge in [0, 0.05) is 11.6 Å². The lowest BCUT2D eigenvalue weighted by Crippen LogP contribution is -2.30. The molecule has 0 aromatic rings. The molecule has 4 heteroatoms. The minimum Gasteiger partial charge on any atom is -0.460 e. The molecule has 0 aliphatic rings. The number of carbonyl (C=O) groups excluding carboxylic acids is 1. The van der Waals surface area contributed by atoms with Crippen LogP contribution in [0.2, 0.25) is 19.1 Å². The lowest BCUT2D eigenvalue weighted by Gasteiger charge is -2.18. The van der Waals surface area contributed by atoms with E-state index in [1.807, 2.05) is 0 Å². The summed E-state index contributed by atoms with van der Waals surface area (Å²) in [7, 11) is -2.38. The van der Waals surface area contributed by atoms with Gasteiger partial charge in [0.2, 0.25) is 8.32 Å². The second kappa shape index (κ2) is 4.57. The molecule has 0 rings (SSSR count). The molecule has 0 aliphatic carbocycles. The predicted octanol–water partition coefficient (Wildman–Crippen LogP) is 2.13. The summed E-state index contributed by atoms with van der Waals surface area (Å²) in [5.41, 5.74) is 0.372. The van der Waals surface area contributed by atoms with Crippen molar-refractivity contribution in [2.24, 2.45) is 0 Å². The van der Waals surface area contributed by atoms with Crippen molar-refractivity contribution < 1.29 is 14.3 Å². The number of esters is 1. The molecule has 1 atom stereocenters. The van der Waals surface area contributed by atoms with Gasteiger partial charge in [-0.05, 0) is 26.9 Å². The molecule has 0 amide bonds. The first-order valence-corrected chi connectivity index (χ1v) is 7.41. The topological polar surface area (TPSA) is 46.2 Å². The van der Waals surface area contributed by atoms with Gasteiger partial charge in [-0.15, -0.1) is 0 Å². The van der Waals surface area contributed by atoms with Gasteiger partial charge in [-0.1, -0.05) is 6.58 Å². The molecule has 0 spiro atoms. The quantitative estimate of drug-likeness (QED) is 0.397. The fourth-order valence-electron chi connectivity index (χ4n) is 1.02. The van der Waals surface area contributed by atoms with E-state index in [-0.39, 0.29) is 6.10 Å². The first-order chi connectivity index (χ1) is 5.72. The van der Waals surface area contributed by atoms with Gasteiger partial charge >= 0.3 is 5.97 Å². The number of hydrogen-bond donors (Lipinski definition) is 0. The van der Waals surface area contributed by atoms with Crippen LogP contribution in [-0.4, -0.2) is 20.4 Å². The molecule has 0 saturated carbocycles. The molecule has 13 heavy (non-hydrogen) atoms. The van der Waals surface area contributed by atoms with Crippen molar-refractivity contribution in [1.82, 2.24) is 0 Å². The summed E-state index contributed by atoms with van der Waals surface area (Å²) in [5.74, 6) is -0.411. The van der Waals surface area contributed by atoms with E-state index < -0.39 is 14.3 Å². The Morgan fingerprint density at radius 1 is 1.54 bits per heavy atom. The second-order valence-electron chi connectivity index (χ2n) is 3.96. The highest BCUT2D eigenvalue weighted by molar-refractivity contribution is 6.69. The van der Waals surface area contributed by atoms with Gasteiger partial charge in [-0.2, -0.15) is 0 Å². The maximum absolute atomic E-state index is 11.4. The molecular weight excluding hydrogens is 184 g/mol. The summed E-state index contributed by atoms with van der Waals surface area (Å²) in [6.07, 6.45) is -0.289. The molecule has 0 aliphatic heterocycles. The highest BCUT2D eigenvalue weighted by atomic mass is 28.4. The average molecular weight is 201 g/mol. The Hall–Kier alpha value is -0.613. The largest absolute Gasteiger partial charge is 0.460 e. The van der Waals surface area contributed by atoms with Crippen molar-refractivity contribution in [2.75, 3.05) is 0 Å². The van der Waals surface area contributed by atoms with E-state index in [1.165, 1.54) is 0 Å². The van der Waals surface area contributed by atoms with E-state index in [2.05, 4.69) is 6.58 Å². The minimum absolute atomic E-state index is 0.289. The van der Waals surface area contributed by atoms with Gasteiger partial charge < -0.3 is 4.74 Å². The van der Waals surface area contributed by atoms with Crippen molar-refractivity contribution in [3.05, 3.63) is 12.2 Å². The first kappa shape index (κ1) is 12.4. The van der Waals surface area contributed by atoms with E-state index in [1.54, 1.807) is 26.9 Å². The standard InChI is InChI=1S/C9H17O3Si/c1-7(2)9(10)12-8(3)6-13(4,5)11/h8H,1,6H2,2-5H3. The van der Waals surface area contributed by atoms with E-state index in [9.17, 15) is 9.59 Å². The Balaban J connectivity index is 3.95. The van der Waals surface area contributed by atoms with Gasteiger partial charge in [0.05, 0.1) is 6.10 Å². The van der Waals surface area contributed by atoms with Gasteiger partial charge in [-0.25, -0.2) is 4.79 Å². The molecule has 0 fully saturated rings. The molecule has 0 heterocycles. The zero-order chi connectivity index (χ0) is 10.6. The molecular formula is C9H17O3Si. The van der Waals surface area contributed by atoms with E-state index >= 15 is 0 Å². The summed E-state index contributed by atoms with van der Waals surface area (Å²) >= 11 is 0. The zero-order valence-electron chi connectivity index (χ0n) is 8.72. The number of rotatable bonds is 4. The number of hydrogen-bond acceptors (Lipinski definition) is 2. The Kier molecular flexibility index (Phi) is 4.36. The summed E-state index contributed by atoms with van der Waals surface area (Å²) < 4.78 is 4.98. The van der Waals surface area contributed by atoms with E-state index in [0.29, 0.717) is 11.6 Å². The van der Waals surface area contributed by atoms with Crippen molar-refractivity contribution in [1.29, 1.82) is 0 Å².